The van der Waals surface area contributed by atoms with Crippen LogP contribution in [0.15, 0.2) is 28.7 Å². The van der Waals surface area contributed by atoms with E-state index in [1.807, 2.05) is 6.07 Å². The molecule has 0 spiro atoms. The Bertz CT molecular complexity index is 594. The highest BCUT2D eigenvalue weighted by atomic mass is 79.9. The van der Waals surface area contributed by atoms with Crippen LogP contribution < -0.4 is 5.32 Å². The van der Waals surface area contributed by atoms with Crippen molar-refractivity contribution in [3.05, 3.63) is 50.1 Å². The van der Waals surface area contributed by atoms with Crippen LogP contribution in [0.3, 0.4) is 0 Å². The normalized spacial score (nSPS) is 11.7. The van der Waals surface area contributed by atoms with E-state index in [-0.39, 0.29) is 11.1 Å². The van der Waals surface area contributed by atoms with Crippen LogP contribution in [0.25, 0.3) is 0 Å². The topological polar surface area (TPSA) is 12.0 Å². The van der Waals surface area contributed by atoms with E-state index in [1.165, 1.54) is 17.0 Å². The molecule has 1 nitrogen and oxygen atoms in total. The van der Waals surface area contributed by atoms with Crippen LogP contribution in [0.1, 0.15) is 30.5 Å². The molecule has 1 N–H and O–H groups in total. The van der Waals surface area contributed by atoms with Crippen LogP contribution in [0.5, 0.6) is 0 Å². The van der Waals surface area contributed by atoms with Crippen LogP contribution in [-0.2, 0) is 12.0 Å². The van der Waals surface area contributed by atoms with Gasteiger partial charge in [-0.2, -0.15) is 0 Å². The first-order chi connectivity index (χ1) is 9.27. The summed E-state index contributed by atoms with van der Waals surface area (Å²) in [5.41, 5.74) is 0.00993. The third kappa shape index (κ3) is 3.58. The van der Waals surface area contributed by atoms with E-state index < -0.39 is 11.6 Å². The lowest BCUT2D eigenvalue weighted by atomic mass is 9.95. The average molecular weight is 360 g/mol. The smallest absolute Gasteiger partial charge is 0.150 e. The Hall–Kier alpha value is -0.940. The van der Waals surface area contributed by atoms with Crippen molar-refractivity contribution in [2.24, 2.45) is 0 Å². The van der Waals surface area contributed by atoms with Crippen molar-refractivity contribution in [3.63, 3.8) is 0 Å². The first-order valence-electron chi connectivity index (χ1n) is 6.25. The Kier molecular flexibility index (Phi) is 4.49. The summed E-state index contributed by atoms with van der Waals surface area (Å²) in [7, 11) is 0. The number of halogens is 3. The van der Waals surface area contributed by atoms with Crippen molar-refractivity contribution in [2.45, 2.75) is 32.7 Å². The molecule has 0 radical (unpaired) electrons. The lowest BCUT2D eigenvalue weighted by Gasteiger charge is -2.15. The highest BCUT2D eigenvalue weighted by Crippen LogP contribution is 2.30. The summed E-state index contributed by atoms with van der Waals surface area (Å²) in [6.07, 6.45) is 0. The van der Waals surface area contributed by atoms with Crippen LogP contribution in [0.4, 0.5) is 14.5 Å². The van der Waals surface area contributed by atoms with E-state index in [0.717, 1.165) is 4.88 Å². The molecule has 20 heavy (non-hydrogen) atoms. The summed E-state index contributed by atoms with van der Waals surface area (Å²) < 4.78 is 27.8. The van der Waals surface area contributed by atoms with Gasteiger partial charge in [-0.05, 0) is 29.7 Å². The monoisotopic (exact) mass is 359 g/mol. The van der Waals surface area contributed by atoms with Crippen molar-refractivity contribution in [1.82, 2.24) is 0 Å². The van der Waals surface area contributed by atoms with E-state index in [4.69, 9.17) is 0 Å². The second-order valence-electron chi connectivity index (χ2n) is 5.61. The van der Waals surface area contributed by atoms with Gasteiger partial charge in [-0.3, -0.25) is 0 Å². The van der Waals surface area contributed by atoms with Gasteiger partial charge in [0.15, 0.2) is 0 Å². The van der Waals surface area contributed by atoms with Crippen molar-refractivity contribution >= 4 is 33.0 Å². The zero-order valence-corrected chi connectivity index (χ0v) is 14.0. The molecule has 0 bridgehead atoms. The van der Waals surface area contributed by atoms with Gasteiger partial charge in [0.05, 0.1) is 0 Å². The van der Waals surface area contributed by atoms with Gasteiger partial charge in [-0.1, -0.05) is 36.7 Å². The van der Waals surface area contributed by atoms with E-state index in [0.29, 0.717) is 11.0 Å². The van der Waals surface area contributed by atoms with E-state index in [1.54, 1.807) is 11.3 Å². The lowest BCUT2D eigenvalue weighted by molar-refractivity contribution is 0.586. The molecule has 1 aromatic heterocycles. The van der Waals surface area contributed by atoms with Gasteiger partial charge in [-0.15, -0.1) is 11.3 Å². The average Bonchev–Trinajstić information content (AvgIpc) is 2.75. The molecule has 0 aliphatic rings. The minimum Gasteiger partial charge on any atom is -0.375 e. The predicted octanol–water partition coefficient (Wildman–Crippen LogP) is 5.70. The molecule has 108 valence electrons. The molecular weight excluding hydrogens is 344 g/mol. The zero-order valence-electron chi connectivity index (χ0n) is 11.6. The van der Waals surface area contributed by atoms with Gasteiger partial charge in [0, 0.05) is 20.8 Å². The largest absolute Gasteiger partial charge is 0.375 e. The maximum Gasteiger partial charge on any atom is 0.150 e. The van der Waals surface area contributed by atoms with Gasteiger partial charge < -0.3 is 5.32 Å². The standard InChI is InChI=1S/C15H16BrF2NS/c1-15(2,3)13-5-4-10(20-13)8-19-14-11(17)6-9(16)7-12(14)18/h4-7,19H,8H2,1-3H3. The molecule has 2 rings (SSSR count). The van der Waals surface area contributed by atoms with Gasteiger partial charge >= 0.3 is 0 Å². The molecule has 0 saturated heterocycles. The van der Waals surface area contributed by atoms with E-state index >= 15 is 0 Å². The molecule has 0 saturated carbocycles. The number of nitrogens with one attached hydrogen (secondary N) is 1. The first kappa shape index (κ1) is 15.4. The second-order valence-corrected chi connectivity index (χ2v) is 7.70. The maximum absolute atomic E-state index is 13.7. The number of rotatable bonds is 3. The quantitative estimate of drug-likeness (QED) is 0.741. The fourth-order valence-corrected chi connectivity index (χ4v) is 3.17. The Morgan fingerprint density at radius 3 is 2.25 bits per heavy atom. The van der Waals surface area contributed by atoms with Gasteiger partial charge in [0.1, 0.15) is 17.3 Å². The maximum atomic E-state index is 13.7. The fraction of sp³-hybridized carbons (Fsp3) is 0.333. The predicted molar refractivity (Wildman–Crippen MR) is 84.4 cm³/mol. The van der Waals surface area contributed by atoms with Crippen molar-refractivity contribution in [1.29, 1.82) is 0 Å². The number of hydrogen-bond donors (Lipinski definition) is 1. The Labute approximate surface area is 130 Å². The van der Waals surface area contributed by atoms with Crippen LogP contribution >= 0.6 is 27.3 Å². The number of benzene rings is 1. The van der Waals surface area contributed by atoms with E-state index in [2.05, 4.69) is 48.1 Å². The summed E-state index contributed by atoms with van der Waals surface area (Å²) in [5, 5.41) is 2.83. The Balaban J connectivity index is 2.12. The molecule has 2 aromatic rings. The second kappa shape index (κ2) is 5.82. The molecular formula is C15H16BrF2NS. The van der Waals surface area contributed by atoms with Crippen molar-refractivity contribution < 1.29 is 8.78 Å². The molecule has 1 aromatic carbocycles. The number of anilines is 1. The first-order valence-corrected chi connectivity index (χ1v) is 7.86. The van der Waals surface area contributed by atoms with Crippen LogP contribution in [-0.4, -0.2) is 0 Å². The van der Waals surface area contributed by atoms with Gasteiger partial charge in [0.2, 0.25) is 0 Å². The lowest BCUT2D eigenvalue weighted by Crippen LogP contribution is -2.07. The summed E-state index contributed by atoms with van der Waals surface area (Å²) in [5.74, 6) is -1.19. The summed E-state index contributed by atoms with van der Waals surface area (Å²) in [4.78, 5) is 2.31. The van der Waals surface area contributed by atoms with Gasteiger partial charge in [-0.25, -0.2) is 8.78 Å². The minimum atomic E-state index is -0.593. The fourth-order valence-electron chi connectivity index (χ4n) is 1.76. The number of hydrogen-bond acceptors (Lipinski definition) is 2. The summed E-state index contributed by atoms with van der Waals surface area (Å²) >= 11 is 4.72. The van der Waals surface area contributed by atoms with Crippen molar-refractivity contribution in [2.75, 3.05) is 5.32 Å². The molecule has 0 aliphatic carbocycles. The Morgan fingerprint density at radius 2 is 1.75 bits per heavy atom. The molecule has 0 amide bonds. The van der Waals surface area contributed by atoms with Crippen LogP contribution in [0.2, 0.25) is 0 Å². The van der Waals surface area contributed by atoms with Crippen molar-refractivity contribution in [3.8, 4) is 0 Å². The highest BCUT2D eigenvalue weighted by Gasteiger charge is 2.16. The molecule has 0 unspecified atom stereocenters. The summed E-state index contributed by atoms with van der Waals surface area (Å²) in [6, 6.07) is 6.56. The SMILES string of the molecule is CC(C)(C)c1ccc(CNc2c(F)cc(Br)cc2F)s1. The third-order valence-electron chi connectivity index (χ3n) is 2.85. The molecule has 0 aliphatic heterocycles. The van der Waals surface area contributed by atoms with E-state index in [9.17, 15) is 8.78 Å². The van der Waals surface area contributed by atoms with Crippen LogP contribution in [0, 0.1) is 11.6 Å². The zero-order chi connectivity index (χ0) is 14.9. The molecule has 5 heteroatoms. The van der Waals surface area contributed by atoms with Gasteiger partial charge in [0.25, 0.3) is 0 Å². The third-order valence-corrected chi connectivity index (χ3v) is 4.82. The molecule has 1 heterocycles. The summed E-state index contributed by atoms with van der Waals surface area (Å²) in [6.45, 7) is 6.84. The minimum absolute atomic E-state index is 0.0843. The number of thiophene rings is 1. The molecule has 0 fully saturated rings. The Morgan fingerprint density at radius 1 is 1.15 bits per heavy atom. The molecule has 0 atom stereocenters. The highest BCUT2D eigenvalue weighted by molar-refractivity contribution is 9.10.